The van der Waals surface area contributed by atoms with E-state index in [4.69, 9.17) is 4.74 Å². The van der Waals surface area contributed by atoms with E-state index in [1.54, 1.807) is 0 Å². The molecule has 0 saturated heterocycles. The van der Waals surface area contributed by atoms with Crippen molar-refractivity contribution < 1.29 is 9.53 Å². The molecule has 0 aromatic carbocycles. The Balaban J connectivity index is 1.68. The topological polar surface area (TPSA) is 26.3 Å². The molecule has 2 nitrogen and oxygen atoms in total. The van der Waals surface area contributed by atoms with Gasteiger partial charge in [0.1, 0.15) is 0 Å². The quantitative estimate of drug-likeness (QED) is 0.335. The van der Waals surface area contributed by atoms with Crippen LogP contribution >= 0.6 is 22.6 Å². The maximum Gasteiger partial charge on any atom is 0.155 e. The molecule has 7 unspecified atom stereocenters. The van der Waals surface area contributed by atoms with Crippen LogP contribution < -0.4 is 0 Å². The summed E-state index contributed by atoms with van der Waals surface area (Å²) in [5.41, 5.74) is 1.96. The second-order valence-corrected chi connectivity index (χ2v) is 11.0. The molecule has 0 spiro atoms. The van der Waals surface area contributed by atoms with Crippen LogP contribution in [-0.2, 0) is 9.53 Å². The number of alkyl halides is 1. The molecule has 3 heteroatoms. The Morgan fingerprint density at radius 1 is 1.22 bits per heavy atom. The first-order valence-corrected chi connectivity index (χ1v) is 13.0. The van der Waals surface area contributed by atoms with Gasteiger partial charge in [0, 0.05) is 16.3 Å². The zero-order valence-electron chi connectivity index (χ0n) is 17.4. The van der Waals surface area contributed by atoms with Gasteiger partial charge in [0.15, 0.2) is 5.78 Å². The fourth-order valence-corrected chi connectivity index (χ4v) is 8.36. The summed E-state index contributed by atoms with van der Waals surface area (Å²) in [6.45, 7) is 8.15. The SMILES string of the molecule is CCC1CC2=CC(=O)CCC2C2CCC3(CC)C(CCC3(C)OCCI)C12. The number of hydrogen-bond acceptors (Lipinski definition) is 2. The number of rotatable bonds is 5. The summed E-state index contributed by atoms with van der Waals surface area (Å²) in [5, 5.41) is 0. The van der Waals surface area contributed by atoms with Gasteiger partial charge >= 0.3 is 0 Å². The van der Waals surface area contributed by atoms with Crippen molar-refractivity contribution in [3.63, 3.8) is 0 Å². The number of hydrogen-bond donors (Lipinski definition) is 0. The molecule has 4 aliphatic carbocycles. The Hall–Kier alpha value is 0.1000. The molecule has 27 heavy (non-hydrogen) atoms. The molecule has 0 amide bonds. The summed E-state index contributed by atoms with van der Waals surface area (Å²) in [5.74, 6) is 4.35. The number of fused-ring (bicyclic) bond motifs is 5. The maximum absolute atomic E-state index is 12.0. The van der Waals surface area contributed by atoms with Crippen molar-refractivity contribution in [1.29, 1.82) is 0 Å². The van der Waals surface area contributed by atoms with Crippen molar-refractivity contribution in [2.24, 2.45) is 35.0 Å². The molecule has 4 rings (SSSR count). The lowest BCUT2D eigenvalue weighted by Crippen LogP contribution is -2.55. The molecule has 0 aliphatic heterocycles. The first-order valence-electron chi connectivity index (χ1n) is 11.4. The normalized spacial score (nSPS) is 46.4. The van der Waals surface area contributed by atoms with Crippen molar-refractivity contribution >= 4 is 28.4 Å². The van der Waals surface area contributed by atoms with Crippen LogP contribution in [0, 0.1) is 35.0 Å². The van der Waals surface area contributed by atoms with E-state index < -0.39 is 0 Å². The fraction of sp³-hybridized carbons (Fsp3) is 0.875. The van der Waals surface area contributed by atoms with Gasteiger partial charge in [0.2, 0.25) is 0 Å². The lowest BCUT2D eigenvalue weighted by Gasteiger charge is -2.59. The van der Waals surface area contributed by atoms with Crippen molar-refractivity contribution in [3.05, 3.63) is 11.6 Å². The Labute approximate surface area is 179 Å². The molecule has 0 aromatic rings. The minimum atomic E-state index is 0.0689. The standard InChI is InChI=1S/C24H37IO2/c1-4-16-14-17-15-18(26)6-7-19(17)20-8-11-24(5-2)21(22(16)20)9-10-23(24,3)27-13-12-25/h15-16,19-22H,4-14H2,1-3H3. The molecule has 0 N–H and O–H groups in total. The lowest BCUT2D eigenvalue weighted by molar-refractivity contribution is -0.157. The van der Waals surface area contributed by atoms with Crippen LogP contribution in [0.15, 0.2) is 11.6 Å². The van der Waals surface area contributed by atoms with E-state index in [0.717, 1.165) is 47.5 Å². The van der Waals surface area contributed by atoms with E-state index >= 15 is 0 Å². The number of ketones is 1. The molecule has 4 aliphatic rings. The molecular formula is C24H37IO2. The Kier molecular flexibility index (Phi) is 5.84. The number of allylic oxidation sites excluding steroid dienone is 1. The number of ether oxygens (including phenoxy) is 1. The fourth-order valence-electron chi connectivity index (χ4n) is 8.14. The van der Waals surface area contributed by atoms with Crippen LogP contribution in [0.25, 0.3) is 0 Å². The predicted octanol–water partition coefficient (Wildman–Crippen LogP) is 6.36. The highest BCUT2D eigenvalue weighted by molar-refractivity contribution is 14.1. The van der Waals surface area contributed by atoms with E-state index in [2.05, 4.69) is 49.4 Å². The van der Waals surface area contributed by atoms with Gasteiger partial charge in [-0.2, -0.15) is 0 Å². The summed E-state index contributed by atoms with van der Waals surface area (Å²) in [6.07, 6.45) is 13.0. The van der Waals surface area contributed by atoms with Crippen LogP contribution in [0.1, 0.15) is 78.6 Å². The highest BCUT2D eigenvalue weighted by atomic mass is 127. The maximum atomic E-state index is 12.0. The summed E-state index contributed by atoms with van der Waals surface area (Å²) in [7, 11) is 0. The van der Waals surface area contributed by atoms with Crippen molar-refractivity contribution in [2.45, 2.75) is 84.2 Å². The first kappa shape index (κ1) is 20.4. The van der Waals surface area contributed by atoms with E-state index in [-0.39, 0.29) is 5.60 Å². The first-order chi connectivity index (χ1) is 13.0. The van der Waals surface area contributed by atoms with Crippen LogP contribution in [0.2, 0.25) is 0 Å². The molecule has 3 saturated carbocycles. The average Bonchev–Trinajstić information content (AvgIpc) is 2.98. The third-order valence-corrected chi connectivity index (χ3v) is 9.76. The molecule has 3 fully saturated rings. The third kappa shape index (κ3) is 3.08. The van der Waals surface area contributed by atoms with Crippen LogP contribution in [0.3, 0.4) is 0 Å². The van der Waals surface area contributed by atoms with Gasteiger partial charge in [-0.1, -0.05) is 48.4 Å². The van der Waals surface area contributed by atoms with Gasteiger partial charge in [0.25, 0.3) is 0 Å². The average molecular weight is 484 g/mol. The highest BCUT2D eigenvalue weighted by Crippen LogP contribution is 2.68. The molecular weight excluding hydrogens is 447 g/mol. The zero-order valence-corrected chi connectivity index (χ0v) is 19.6. The molecule has 7 atom stereocenters. The molecule has 0 heterocycles. The number of carbonyl (C=O) groups excluding carboxylic acids is 1. The second-order valence-electron chi connectivity index (χ2n) is 9.91. The van der Waals surface area contributed by atoms with E-state index in [0.29, 0.717) is 17.1 Å². The Morgan fingerprint density at radius 2 is 2.04 bits per heavy atom. The zero-order chi connectivity index (χ0) is 19.2. The van der Waals surface area contributed by atoms with Gasteiger partial charge in [0.05, 0.1) is 12.2 Å². The van der Waals surface area contributed by atoms with Gasteiger partial charge in [-0.15, -0.1) is 0 Å². The monoisotopic (exact) mass is 484 g/mol. The van der Waals surface area contributed by atoms with Crippen molar-refractivity contribution in [3.8, 4) is 0 Å². The van der Waals surface area contributed by atoms with E-state index in [1.807, 2.05) is 0 Å². The highest BCUT2D eigenvalue weighted by Gasteiger charge is 2.64. The molecule has 0 aromatic heterocycles. The molecule has 152 valence electrons. The van der Waals surface area contributed by atoms with E-state index in [1.165, 1.54) is 50.5 Å². The van der Waals surface area contributed by atoms with Crippen LogP contribution in [-0.4, -0.2) is 22.4 Å². The summed E-state index contributed by atoms with van der Waals surface area (Å²) < 4.78 is 7.70. The summed E-state index contributed by atoms with van der Waals surface area (Å²) in [6, 6.07) is 0. The lowest BCUT2D eigenvalue weighted by atomic mass is 9.47. The van der Waals surface area contributed by atoms with Crippen LogP contribution in [0.4, 0.5) is 0 Å². The molecule has 0 radical (unpaired) electrons. The van der Waals surface area contributed by atoms with Gasteiger partial charge in [-0.25, -0.2) is 0 Å². The predicted molar refractivity (Wildman–Crippen MR) is 119 cm³/mol. The van der Waals surface area contributed by atoms with E-state index in [9.17, 15) is 4.79 Å². The Bertz CT molecular complexity index is 614. The Morgan fingerprint density at radius 3 is 2.74 bits per heavy atom. The second kappa shape index (κ2) is 7.74. The third-order valence-electron chi connectivity index (χ3n) is 9.31. The van der Waals surface area contributed by atoms with Gasteiger partial charge in [-0.3, -0.25) is 4.79 Å². The minimum Gasteiger partial charge on any atom is -0.374 e. The van der Waals surface area contributed by atoms with Gasteiger partial charge < -0.3 is 4.74 Å². The number of carbonyl (C=O) groups is 1. The summed E-state index contributed by atoms with van der Waals surface area (Å²) >= 11 is 2.45. The van der Waals surface area contributed by atoms with Crippen molar-refractivity contribution in [2.75, 3.05) is 11.0 Å². The van der Waals surface area contributed by atoms with Crippen LogP contribution in [0.5, 0.6) is 0 Å². The smallest absolute Gasteiger partial charge is 0.155 e. The largest absolute Gasteiger partial charge is 0.374 e. The molecule has 0 bridgehead atoms. The van der Waals surface area contributed by atoms with Gasteiger partial charge in [-0.05, 0) is 87.5 Å². The summed E-state index contributed by atoms with van der Waals surface area (Å²) in [4.78, 5) is 12.0. The van der Waals surface area contributed by atoms with Crippen molar-refractivity contribution in [1.82, 2.24) is 0 Å². The number of halogens is 1. The minimum absolute atomic E-state index is 0.0689.